The molecular formula is C27H29F6NO3. The van der Waals surface area contributed by atoms with E-state index in [0.29, 0.717) is 56.0 Å². The normalized spacial score (nSPS) is 20.6. The average molecular weight is 530 g/mol. The standard InChI is InChI=1S/C27H29F6NO3/c1-16(25(35)36)24(18-5-6-18)19-3-2-4-22(12-19)37-15-17-9-10-34(13-17)14-20-11-21(26(28,29)30)7-8-23(20)27(31,32)33/h2-4,7-8,11-12,16-18,24H,5-6,9-10,13-15H2,1H3,(H,35,36)/t16-,17?,24-/m0/s1. The first kappa shape index (κ1) is 27.3. The van der Waals surface area contributed by atoms with Crippen LogP contribution in [0.4, 0.5) is 26.3 Å². The summed E-state index contributed by atoms with van der Waals surface area (Å²) in [6.07, 6.45) is -6.85. The predicted octanol–water partition coefficient (Wildman–Crippen LogP) is 6.84. The largest absolute Gasteiger partial charge is 0.493 e. The van der Waals surface area contributed by atoms with E-state index in [9.17, 15) is 36.2 Å². The van der Waals surface area contributed by atoms with Crippen molar-refractivity contribution >= 4 is 5.97 Å². The summed E-state index contributed by atoms with van der Waals surface area (Å²) in [6, 6.07) is 8.92. The first-order valence-corrected chi connectivity index (χ1v) is 12.3. The van der Waals surface area contributed by atoms with E-state index in [1.165, 1.54) is 0 Å². The van der Waals surface area contributed by atoms with Gasteiger partial charge in [-0.05, 0) is 79.1 Å². The zero-order valence-electron chi connectivity index (χ0n) is 20.3. The van der Waals surface area contributed by atoms with Gasteiger partial charge in [0.1, 0.15) is 5.75 Å². The Kier molecular flexibility index (Phi) is 7.78. The topological polar surface area (TPSA) is 49.8 Å². The fourth-order valence-corrected chi connectivity index (χ4v) is 5.21. The lowest BCUT2D eigenvalue weighted by Crippen LogP contribution is -2.24. The van der Waals surface area contributed by atoms with E-state index in [4.69, 9.17) is 4.74 Å². The molecule has 4 nitrogen and oxygen atoms in total. The van der Waals surface area contributed by atoms with Gasteiger partial charge in [-0.15, -0.1) is 0 Å². The molecule has 0 aromatic heterocycles. The Morgan fingerprint density at radius 2 is 1.78 bits per heavy atom. The van der Waals surface area contributed by atoms with Crippen molar-refractivity contribution in [2.75, 3.05) is 19.7 Å². The predicted molar refractivity (Wildman–Crippen MR) is 124 cm³/mol. The Morgan fingerprint density at radius 1 is 1.05 bits per heavy atom. The van der Waals surface area contributed by atoms with Gasteiger partial charge in [0, 0.05) is 19.0 Å². The van der Waals surface area contributed by atoms with Gasteiger partial charge in [-0.25, -0.2) is 0 Å². The molecule has 2 aliphatic rings. The number of carboxylic acids is 1. The van der Waals surface area contributed by atoms with Crippen LogP contribution >= 0.6 is 0 Å². The first-order valence-electron chi connectivity index (χ1n) is 12.3. The SMILES string of the molecule is C[C@H](C(=O)O)[C@H](c1cccc(OCC2CCN(Cc3cc(C(F)(F)F)ccc3C(F)(F)F)C2)c1)C1CC1. The number of benzene rings is 2. The quantitative estimate of drug-likeness (QED) is 0.362. The van der Waals surface area contributed by atoms with Crippen LogP contribution in [0.5, 0.6) is 5.75 Å². The minimum atomic E-state index is -4.75. The molecule has 3 atom stereocenters. The van der Waals surface area contributed by atoms with Crippen molar-refractivity contribution in [1.29, 1.82) is 0 Å². The molecule has 10 heteroatoms. The van der Waals surface area contributed by atoms with Crippen molar-refractivity contribution in [3.05, 3.63) is 64.7 Å². The van der Waals surface area contributed by atoms with Gasteiger partial charge in [0.2, 0.25) is 0 Å². The number of aliphatic carboxylic acids is 1. The highest BCUT2D eigenvalue weighted by atomic mass is 19.4. The van der Waals surface area contributed by atoms with Crippen LogP contribution < -0.4 is 4.74 Å². The highest BCUT2D eigenvalue weighted by Gasteiger charge is 2.39. The maximum absolute atomic E-state index is 13.4. The minimum absolute atomic E-state index is 0.000892. The zero-order valence-corrected chi connectivity index (χ0v) is 20.3. The number of carboxylic acid groups (broad SMARTS) is 1. The second-order valence-electron chi connectivity index (χ2n) is 10.1. The summed E-state index contributed by atoms with van der Waals surface area (Å²) in [5, 5.41) is 9.50. The Balaban J connectivity index is 1.39. The smallest absolute Gasteiger partial charge is 0.416 e. The van der Waals surface area contributed by atoms with Crippen molar-refractivity contribution in [3.8, 4) is 5.75 Å². The molecule has 1 saturated carbocycles. The summed E-state index contributed by atoms with van der Waals surface area (Å²) >= 11 is 0. The Labute approximate surface area is 211 Å². The van der Waals surface area contributed by atoms with E-state index in [1.807, 2.05) is 18.2 Å². The molecule has 2 fully saturated rings. The van der Waals surface area contributed by atoms with Crippen molar-refractivity contribution in [3.63, 3.8) is 0 Å². The number of carbonyl (C=O) groups is 1. The molecule has 1 aliphatic heterocycles. The van der Waals surface area contributed by atoms with E-state index < -0.39 is 40.9 Å². The molecule has 1 heterocycles. The van der Waals surface area contributed by atoms with E-state index in [0.717, 1.165) is 18.4 Å². The highest BCUT2D eigenvalue weighted by Crippen LogP contribution is 2.47. The van der Waals surface area contributed by atoms with E-state index in [-0.39, 0.29) is 18.4 Å². The monoisotopic (exact) mass is 529 g/mol. The van der Waals surface area contributed by atoms with Gasteiger partial charge in [-0.1, -0.05) is 19.1 Å². The van der Waals surface area contributed by atoms with Crippen LogP contribution in [0, 0.1) is 17.8 Å². The highest BCUT2D eigenvalue weighted by molar-refractivity contribution is 5.71. The van der Waals surface area contributed by atoms with Crippen molar-refractivity contribution in [1.82, 2.24) is 4.90 Å². The molecule has 1 saturated heterocycles. The van der Waals surface area contributed by atoms with Crippen LogP contribution in [0.3, 0.4) is 0 Å². The number of rotatable bonds is 9. The number of ether oxygens (including phenoxy) is 1. The molecule has 37 heavy (non-hydrogen) atoms. The lowest BCUT2D eigenvalue weighted by molar-refractivity contribution is -0.142. The summed E-state index contributed by atoms with van der Waals surface area (Å²) < 4.78 is 85.5. The molecule has 1 N–H and O–H groups in total. The van der Waals surface area contributed by atoms with Crippen molar-refractivity contribution in [2.24, 2.45) is 17.8 Å². The van der Waals surface area contributed by atoms with E-state index in [2.05, 4.69) is 0 Å². The number of likely N-dealkylation sites (tertiary alicyclic amines) is 1. The summed E-state index contributed by atoms with van der Waals surface area (Å²) in [6.45, 7) is 2.62. The minimum Gasteiger partial charge on any atom is -0.493 e. The van der Waals surface area contributed by atoms with Crippen molar-refractivity contribution in [2.45, 2.75) is 51.0 Å². The third-order valence-corrected chi connectivity index (χ3v) is 7.29. The Hall–Kier alpha value is -2.75. The molecule has 1 aliphatic carbocycles. The van der Waals surface area contributed by atoms with Crippen LogP contribution in [-0.4, -0.2) is 35.7 Å². The zero-order chi connectivity index (χ0) is 27.0. The van der Waals surface area contributed by atoms with Crippen LogP contribution in [0.1, 0.15) is 54.4 Å². The van der Waals surface area contributed by atoms with Gasteiger partial charge >= 0.3 is 18.3 Å². The van der Waals surface area contributed by atoms with Gasteiger partial charge in [0.25, 0.3) is 0 Å². The van der Waals surface area contributed by atoms with E-state index in [1.54, 1.807) is 17.9 Å². The third kappa shape index (κ3) is 6.77. The molecule has 0 spiro atoms. The number of alkyl halides is 6. The van der Waals surface area contributed by atoms with Crippen molar-refractivity contribution < 1.29 is 41.0 Å². The maximum atomic E-state index is 13.4. The van der Waals surface area contributed by atoms with Crippen LogP contribution in [0.2, 0.25) is 0 Å². The summed E-state index contributed by atoms with van der Waals surface area (Å²) in [4.78, 5) is 13.3. The number of halogens is 6. The first-order chi connectivity index (χ1) is 17.3. The van der Waals surface area contributed by atoms with Gasteiger partial charge < -0.3 is 9.84 Å². The van der Waals surface area contributed by atoms with Gasteiger partial charge in [-0.2, -0.15) is 26.3 Å². The van der Waals surface area contributed by atoms with Gasteiger partial charge in [0.05, 0.1) is 23.7 Å². The molecule has 0 bridgehead atoms. The molecule has 2 aromatic rings. The van der Waals surface area contributed by atoms with Crippen LogP contribution in [0.15, 0.2) is 42.5 Å². The number of hydrogen-bond donors (Lipinski definition) is 1. The summed E-state index contributed by atoms with van der Waals surface area (Å²) in [5.74, 6) is -0.537. The second-order valence-corrected chi connectivity index (χ2v) is 10.1. The second kappa shape index (κ2) is 10.6. The van der Waals surface area contributed by atoms with Crippen LogP contribution in [-0.2, 0) is 23.7 Å². The maximum Gasteiger partial charge on any atom is 0.416 e. The van der Waals surface area contributed by atoms with E-state index >= 15 is 0 Å². The van der Waals surface area contributed by atoms with Gasteiger partial charge in [0.15, 0.2) is 0 Å². The fraction of sp³-hybridized carbons (Fsp3) is 0.519. The molecule has 0 amide bonds. The summed E-state index contributed by atoms with van der Waals surface area (Å²) in [7, 11) is 0. The fourth-order valence-electron chi connectivity index (χ4n) is 5.21. The molecular weight excluding hydrogens is 500 g/mol. The average Bonchev–Trinajstić information content (AvgIpc) is 3.54. The lowest BCUT2D eigenvalue weighted by Gasteiger charge is -2.22. The number of nitrogens with zero attached hydrogens (tertiary/aromatic N) is 1. The Morgan fingerprint density at radius 3 is 2.41 bits per heavy atom. The molecule has 202 valence electrons. The molecule has 2 aromatic carbocycles. The number of hydrogen-bond acceptors (Lipinski definition) is 3. The summed E-state index contributed by atoms with van der Waals surface area (Å²) in [5.41, 5.74) is -1.64. The van der Waals surface area contributed by atoms with Crippen LogP contribution in [0.25, 0.3) is 0 Å². The lowest BCUT2D eigenvalue weighted by atomic mass is 9.83. The molecule has 1 unspecified atom stereocenters. The van der Waals surface area contributed by atoms with Gasteiger partial charge in [-0.3, -0.25) is 9.69 Å². The third-order valence-electron chi connectivity index (χ3n) is 7.29. The molecule has 0 radical (unpaired) electrons. The Bertz CT molecular complexity index is 1110. The molecule has 4 rings (SSSR count).